The van der Waals surface area contributed by atoms with Crippen molar-refractivity contribution in [3.8, 4) is 10.4 Å². The highest BCUT2D eigenvalue weighted by atomic mass is 32.1. The van der Waals surface area contributed by atoms with Gasteiger partial charge in [0.1, 0.15) is 12.4 Å². The number of thiophene rings is 1. The zero-order chi connectivity index (χ0) is 19.2. The molecule has 1 fully saturated rings. The van der Waals surface area contributed by atoms with Gasteiger partial charge in [0, 0.05) is 42.5 Å². The maximum atomic E-state index is 13.4. The first kappa shape index (κ1) is 19.5. The van der Waals surface area contributed by atoms with Crippen LogP contribution in [0.3, 0.4) is 0 Å². The van der Waals surface area contributed by atoms with Gasteiger partial charge in [0.15, 0.2) is 0 Å². The fourth-order valence-electron chi connectivity index (χ4n) is 3.02. The first-order chi connectivity index (χ1) is 13.0. The van der Waals surface area contributed by atoms with Gasteiger partial charge in [-0.2, -0.15) is 0 Å². The smallest absolute Gasteiger partial charge is 0.322 e. The van der Waals surface area contributed by atoms with Crippen LogP contribution < -0.4 is 5.32 Å². The van der Waals surface area contributed by atoms with E-state index in [-0.39, 0.29) is 24.8 Å². The van der Waals surface area contributed by atoms with Crippen LogP contribution in [0.25, 0.3) is 10.4 Å². The Hall–Kier alpha value is -2.29. The maximum absolute atomic E-state index is 13.4. The Bertz CT molecular complexity index is 803. The van der Waals surface area contributed by atoms with Crippen LogP contribution in [-0.2, 0) is 16.1 Å². The molecule has 1 aliphatic heterocycles. The molecule has 1 amide bonds. The molecular formula is C19H22FN3O3S. The summed E-state index contributed by atoms with van der Waals surface area (Å²) in [5.41, 5.74) is 0.892. The van der Waals surface area contributed by atoms with E-state index in [1.807, 2.05) is 17.0 Å². The zero-order valence-electron chi connectivity index (χ0n) is 14.9. The Morgan fingerprint density at radius 1 is 1.11 bits per heavy atom. The fourth-order valence-corrected chi connectivity index (χ4v) is 4.07. The largest absolute Gasteiger partial charge is 0.480 e. The normalized spacial score (nSPS) is 15.6. The molecule has 2 aromatic rings. The molecule has 1 aliphatic rings. The molecular weight excluding hydrogens is 369 g/mol. The van der Waals surface area contributed by atoms with Crippen molar-refractivity contribution < 1.29 is 19.1 Å². The highest BCUT2D eigenvalue weighted by Gasteiger charge is 2.19. The van der Waals surface area contributed by atoms with E-state index in [1.54, 1.807) is 23.5 Å². The molecule has 3 rings (SSSR count). The third-order valence-electron chi connectivity index (χ3n) is 4.42. The third kappa shape index (κ3) is 5.85. The summed E-state index contributed by atoms with van der Waals surface area (Å²) in [7, 11) is 0. The fraction of sp³-hybridized carbons (Fsp3) is 0.368. The summed E-state index contributed by atoms with van der Waals surface area (Å²) in [6, 6.07) is 10.7. The average Bonchev–Trinajstić information content (AvgIpc) is 3.10. The van der Waals surface area contributed by atoms with Crippen molar-refractivity contribution in [2.24, 2.45) is 0 Å². The molecule has 27 heavy (non-hydrogen) atoms. The Morgan fingerprint density at radius 2 is 1.85 bits per heavy atom. The van der Waals surface area contributed by atoms with Crippen molar-refractivity contribution in [1.82, 2.24) is 15.1 Å². The summed E-state index contributed by atoms with van der Waals surface area (Å²) in [6.07, 6.45) is 0. The van der Waals surface area contributed by atoms with Gasteiger partial charge in [-0.05, 0) is 29.8 Å². The lowest BCUT2D eigenvalue weighted by Gasteiger charge is -2.33. The van der Waals surface area contributed by atoms with E-state index in [2.05, 4.69) is 16.3 Å². The highest BCUT2D eigenvalue weighted by molar-refractivity contribution is 7.15. The van der Waals surface area contributed by atoms with Crippen molar-refractivity contribution in [3.63, 3.8) is 0 Å². The van der Waals surface area contributed by atoms with Crippen LogP contribution in [0.2, 0.25) is 0 Å². The molecule has 2 heterocycles. The van der Waals surface area contributed by atoms with Gasteiger partial charge in [-0.3, -0.25) is 19.4 Å². The number of rotatable bonds is 7. The van der Waals surface area contributed by atoms with Crippen LogP contribution in [0.4, 0.5) is 4.39 Å². The summed E-state index contributed by atoms with van der Waals surface area (Å²) in [5.74, 6) is -1.53. The number of nitrogens with one attached hydrogen (secondary N) is 1. The second-order valence-electron chi connectivity index (χ2n) is 6.50. The van der Waals surface area contributed by atoms with Crippen LogP contribution >= 0.6 is 11.3 Å². The summed E-state index contributed by atoms with van der Waals surface area (Å²) in [5, 5.41) is 11.0. The molecule has 0 radical (unpaired) electrons. The number of halogens is 1. The second-order valence-corrected chi connectivity index (χ2v) is 7.67. The van der Waals surface area contributed by atoms with E-state index in [4.69, 9.17) is 5.11 Å². The van der Waals surface area contributed by atoms with Gasteiger partial charge in [0.2, 0.25) is 5.91 Å². The number of piperazine rings is 1. The number of amides is 1. The molecule has 6 nitrogen and oxygen atoms in total. The monoisotopic (exact) mass is 391 g/mol. The molecule has 0 saturated carbocycles. The number of hydrogen-bond acceptors (Lipinski definition) is 5. The van der Waals surface area contributed by atoms with E-state index in [0.29, 0.717) is 0 Å². The number of hydrogen-bond donors (Lipinski definition) is 2. The Balaban J connectivity index is 1.46. The number of aliphatic carboxylic acids is 1. The van der Waals surface area contributed by atoms with Crippen LogP contribution in [0.5, 0.6) is 0 Å². The van der Waals surface area contributed by atoms with Gasteiger partial charge in [-0.25, -0.2) is 4.39 Å². The zero-order valence-corrected chi connectivity index (χ0v) is 15.7. The van der Waals surface area contributed by atoms with Gasteiger partial charge in [-0.15, -0.1) is 11.3 Å². The predicted molar refractivity (Wildman–Crippen MR) is 102 cm³/mol. The minimum atomic E-state index is -1.04. The van der Waals surface area contributed by atoms with E-state index in [0.717, 1.165) is 43.2 Å². The minimum Gasteiger partial charge on any atom is -0.480 e. The molecule has 1 saturated heterocycles. The van der Waals surface area contributed by atoms with E-state index < -0.39 is 5.97 Å². The molecule has 0 aliphatic carbocycles. The average molecular weight is 391 g/mol. The Labute approximate surface area is 161 Å². The van der Waals surface area contributed by atoms with Crippen LogP contribution in [-0.4, -0.2) is 66.1 Å². The molecule has 0 unspecified atom stereocenters. The minimum absolute atomic E-state index is 0.226. The van der Waals surface area contributed by atoms with E-state index in [9.17, 15) is 14.0 Å². The quantitative estimate of drug-likeness (QED) is 0.754. The number of benzene rings is 1. The SMILES string of the molecule is O=C(O)CNC(=O)CN1CCN(Cc2ccc(-c3cccc(F)c3)s2)CC1. The van der Waals surface area contributed by atoms with Gasteiger partial charge in [0.25, 0.3) is 0 Å². The first-order valence-electron chi connectivity index (χ1n) is 8.77. The number of carbonyl (C=O) groups excluding carboxylic acids is 1. The maximum Gasteiger partial charge on any atom is 0.322 e. The molecule has 2 N–H and O–H groups in total. The third-order valence-corrected chi connectivity index (χ3v) is 5.54. The van der Waals surface area contributed by atoms with Crippen molar-refractivity contribution >= 4 is 23.2 Å². The van der Waals surface area contributed by atoms with Crippen LogP contribution in [0, 0.1) is 5.82 Å². The molecule has 144 valence electrons. The number of carboxylic acid groups (broad SMARTS) is 1. The van der Waals surface area contributed by atoms with Crippen molar-refractivity contribution in [1.29, 1.82) is 0 Å². The Morgan fingerprint density at radius 3 is 2.56 bits per heavy atom. The van der Waals surface area contributed by atoms with Crippen molar-refractivity contribution in [2.45, 2.75) is 6.54 Å². The summed E-state index contributed by atoms with van der Waals surface area (Å²) in [6.45, 7) is 3.94. The molecule has 1 aromatic heterocycles. The topological polar surface area (TPSA) is 72.9 Å². The number of nitrogens with zero attached hydrogens (tertiary/aromatic N) is 2. The molecule has 8 heteroatoms. The number of carbonyl (C=O) groups is 2. The molecule has 0 bridgehead atoms. The van der Waals surface area contributed by atoms with Gasteiger partial charge >= 0.3 is 5.97 Å². The predicted octanol–water partition coefficient (Wildman–Crippen LogP) is 1.87. The van der Waals surface area contributed by atoms with E-state index >= 15 is 0 Å². The van der Waals surface area contributed by atoms with Crippen molar-refractivity contribution in [3.05, 3.63) is 47.1 Å². The molecule has 1 aromatic carbocycles. The lowest BCUT2D eigenvalue weighted by Crippen LogP contribution is -2.49. The van der Waals surface area contributed by atoms with Crippen molar-refractivity contribution in [2.75, 3.05) is 39.3 Å². The standard InChI is InChI=1S/C19H22FN3O3S/c20-15-3-1-2-14(10-15)17-5-4-16(27-17)12-22-6-8-23(9-7-22)13-18(24)21-11-19(25)26/h1-5,10H,6-9,11-13H2,(H,21,24)(H,25,26). The summed E-state index contributed by atoms with van der Waals surface area (Å²) in [4.78, 5) is 28.8. The summed E-state index contributed by atoms with van der Waals surface area (Å²) < 4.78 is 13.4. The molecule has 0 spiro atoms. The van der Waals surface area contributed by atoms with Crippen LogP contribution in [0.15, 0.2) is 36.4 Å². The number of carboxylic acids is 1. The van der Waals surface area contributed by atoms with E-state index in [1.165, 1.54) is 10.9 Å². The first-order valence-corrected chi connectivity index (χ1v) is 9.59. The molecule has 0 atom stereocenters. The van der Waals surface area contributed by atoms with Gasteiger partial charge in [0.05, 0.1) is 6.54 Å². The Kier molecular flexibility index (Phi) is 6.54. The highest BCUT2D eigenvalue weighted by Crippen LogP contribution is 2.29. The second kappa shape index (κ2) is 9.07. The lowest BCUT2D eigenvalue weighted by molar-refractivity contribution is -0.138. The lowest BCUT2D eigenvalue weighted by atomic mass is 10.2. The summed E-state index contributed by atoms with van der Waals surface area (Å²) >= 11 is 1.67. The van der Waals surface area contributed by atoms with Gasteiger partial charge < -0.3 is 10.4 Å². The van der Waals surface area contributed by atoms with Crippen LogP contribution in [0.1, 0.15) is 4.88 Å². The van der Waals surface area contributed by atoms with Gasteiger partial charge in [-0.1, -0.05) is 12.1 Å².